The fraction of sp³-hybridized carbons (Fsp3) is 0.438. The van der Waals surface area contributed by atoms with Crippen LogP contribution in [0.3, 0.4) is 0 Å². The van der Waals surface area contributed by atoms with Gasteiger partial charge in [-0.05, 0) is 57.1 Å². The van der Waals surface area contributed by atoms with Crippen molar-refractivity contribution in [3.05, 3.63) is 65.1 Å². The second-order valence-electron chi connectivity index (χ2n) is 12.2. The second kappa shape index (κ2) is 14.9. The summed E-state index contributed by atoms with van der Waals surface area (Å²) in [7, 11) is -2.90. The first-order chi connectivity index (χ1) is 22.3. The van der Waals surface area contributed by atoms with Crippen molar-refractivity contribution in [1.29, 1.82) is 0 Å². The number of carbonyl (C=O) groups excluding carboxylic acids is 1. The molecule has 0 unspecified atom stereocenters. The lowest BCUT2D eigenvalue weighted by Crippen LogP contribution is -2.43. The van der Waals surface area contributed by atoms with Gasteiger partial charge in [0.05, 0.1) is 42.0 Å². The van der Waals surface area contributed by atoms with Crippen molar-refractivity contribution < 1.29 is 27.1 Å². The summed E-state index contributed by atoms with van der Waals surface area (Å²) in [4.78, 5) is 19.5. The van der Waals surface area contributed by atoms with Gasteiger partial charge in [0.1, 0.15) is 17.2 Å². The molecule has 0 aliphatic carbocycles. The molecule has 0 N–H and O–H groups in total. The van der Waals surface area contributed by atoms with Gasteiger partial charge in [-0.2, -0.15) is 0 Å². The van der Waals surface area contributed by atoms with Crippen molar-refractivity contribution >= 4 is 41.6 Å². The number of carbonyl (C=O) groups is 1. The summed E-state index contributed by atoms with van der Waals surface area (Å²) in [6.45, 7) is 13.0. The number of furan rings is 1. The van der Waals surface area contributed by atoms with Crippen LogP contribution < -0.4 is 13.8 Å². The highest BCUT2D eigenvalue weighted by molar-refractivity contribution is 7.93. The van der Waals surface area contributed by atoms with E-state index >= 15 is 0 Å². The van der Waals surface area contributed by atoms with E-state index < -0.39 is 23.3 Å². The van der Waals surface area contributed by atoms with Crippen molar-refractivity contribution in [2.24, 2.45) is 0 Å². The molecular weight excluding hydrogens is 660 g/mol. The maximum atomic E-state index is 14.8. The molecule has 1 atom stereocenters. The molecule has 3 aromatic heterocycles. The number of para-hydroxylation sites is 1. The minimum absolute atomic E-state index is 0.0392. The van der Waals surface area contributed by atoms with Crippen molar-refractivity contribution in [1.82, 2.24) is 24.6 Å². The van der Waals surface area contributed by atoms with E-state index in [4.69, 9.17) is 25.5 Å². The van der Waals surface area contributed by atoms with Crippen LogP contribution in [0.5, 0.6) is 11.5 Å². The molecule has 0 spiro atoms. The Morgan fingerprint density at radius 2 is 1.72 bits per heavy atom. The zero-order valence-corrected chi connectivity index (χ0v) is 30.7. The van der Waals surface area contributed by atoms with Crippen LogP contribution in [0.25, 0.3) is 17.3 Å². The van der Waals surface area contributed by atoms with Crippen molar-refractivity contribution in [2.75, 3.05) is 38.2 Å². The zero-order chi connectivity index (χ0) is 34.5. The van der Waals surface area contributed by atoms with Gasteiger partial charge in [0.15, 0.2) is 5.76 Å². The Bertz CT molecular complexity index is 1770. The molecule has 0 bridgehead atoms. The number of benzene rings is 1. The summed E-state index contributed by atoms with van der Waals surface area (Å²) in [5.74, 6) is 1.26. The van der Waals surface area contributed by atoms with E-state index in [1.165, 1.54) is 31.0 Å². The van der Waals surface area contributed by atoms with E-state index in [0.29, 0.717) is 52.8 Å². The molecule has 1 aromatic carbocycles. The van der Waals surface area contributed by atoms with Crippen LogP contribution in [-0.2, 0) is 16.4 Å². The average Bonchev–Trinajstić information content (AvgIpc) is 3.72. The standard InChI is InChI=1S/C32H43ClN6O6SSi/c1-9-37(10-2)31(40)24-20-23(33)21-34-25(24)19-22(3)46(41,42)38(16-18-47(6,7)8)32-36-35-30(28-15-12-17-45-28)39(32)29-26(43-4)13-11-14-27(29)44-5/h11-15,17,20-22H,9-10,16,18-19H2,1-8H3/t22-/m0/s1. The molecule has 254 valence electrons. The van der Waals surface area contributed by atoms with Gasteiger partial charge in [-0.1, -0.05) is 37.3 Å². The number of sulfonamides is 1. The first kappa shape index (κ1) is 36.0. The molecule has 0 fully saturated rings. The Labute approximate surface area is 282 Å². The minimum atomic E-state index is -4.16. The van der Waals surface area contributed by atoms with E-state index in [1.54, 1.807) is 52.8 Å². The van der Waals surface area contributed by atoms with Gasteiger partial charge >= 0.3 is 0 Å². The van der Waals surface area contributed by atoms with Crippen molar-refractivity contribution in [3.63, 3.8) is 0 Å². The lowest BCUT2D eigenvalue weighted by Gasteiger charge is -2.30. The molecule has 0 saturated heterocycles. The number of hydrogen-bond donors (Lipinski definition) is 0. The molecule has 12 nitrogen and oxygen atoms in total. The Kier molecular flexibility index (Phi) is 11.4. The van der Waals surface area contributed by atoms with Crippen LogP contribution in [0.2, 0.25) is 30.7 Å². The summed E-state index contributed by atoms with van der Waals surface area (Å²) in [6.07, 6.45) is 2.90. The van der Waals surface area contributed by atoms with Gasteiger partial charge in [0.2, 0.25) is 21.8 Å². The highest BCUT2D eigenvalue weighted by Gasteiger charge is 2.37. The third kappa shape index (κ3) is 7.82. The number of amides is 1. The number of rotatable bonds is 15. The third-order valence-corrected chi connectivity index (χ3v) is 11.9. The minimum Gasteiger partial charge on any atom is -0.494 e. The van der Waals surface area contributed by atoms with Gasteiger partial charge in [-0.3, -0.25) is 14.3 Å². The highest BCUT2D eigenvalue weighted by atomic mass is 35.5. The quantitative estimate of drug-likeness (QED) is 0.133. The number of ether oxygens (including phenoxy) is 2. The molecule has 0 saturated carbocycles. The summed E-state index contributed by atoms with van der Waals surface area (Å²) >= 11 is 6.26. The number of pyridine rings is 1. The summed E-state index contributed by atoms with van der Waals surface area (Å²) in [5, 5.41) is 8.17. The number of methoxy groups -OCH3 is 2. The largest absolute Gasteiger partial charge is 0.494 e. The smallest absolute Gasteiger partial charge is 0.255 e. The van der Waals surface area contributed by atoms with Crippen molar-refractivity contribution in [3.8, 4) is 28.8 Å². The number of nitrogens with zero attached hydrogens (tertiary/aromatic N) is 6. The molecule has 4 rings (SSSR count). The number of hydrogen-bond acceptors (Lipinski definition) is 9. The monoisotopic (exact) mass is 702 g/mol. The van der Waals surface area contributed by atoms with Crippen molar-refractivity contribution in [2.45, 2.75) is 58.1 Å². The maximum Gasteiger partial charge on any atom is 0.255 e. The molecule has 15 heteroatoms. The molecule has 47 heavy (non-hydrogen) atoms. The average molecular weight is 703 g/mol. The lowest BCUT2D eigenvalue weighted by molar-refractivity contribution is 0.0771. The van der Waals surface area contributed by atoms with Crippen LogP contribution in [0.4, 0.5) is 5.95 Å². The molecule has 4 aromatic rings. The summed E-state index contributed by atoms with van der Waals surface area (Å²) < 4.78 is 49.6. The van der Waals surface area contributed by atoms with Crippen LogP contribution in [0, 0.1) is 0 Å². The van der Waals surface area contributed by atoms with E-state index in [1.807, 2.05) is 13.8 Å². The molecule has 0 aliphatic rings. The second-order valence-corrected chi connectivity index (χ2v) is 20.5. The maximum absolute atomic E-state index is 14.8. The predicted octanol–water partition coefficient (Wildman–Crippen LogP) is 6.18. The van der Waals surface area contributed by atoms with Gasteiger partial charge in [0, 0.05) is 40.3 Å². The molecule has 0 aliphatic heterocycles. The summed E-state index contributed by atoms with van der Waals surface area (Å²) in [5.41, 5.74) is 1.03. The molecule has 3 heterocycles. The molecule has 1 amide bonds. The van der Waals surface area contributed by atoms with Gasteiger partial charge in [-0.25, -0.2) is 12.7 Å². The Morgan fingerprint density at radius 3 is 2.28 bits per heavy atom. The first-order valence-electron chi connectivity index (χ1n) is 15.4. The van der Waals surface area contributed by atoms with Crippen LogP contribution in [0.1, 0.15) is 36.8 Å². The SMILES string of the molecule is CCN(CC)C(=O)c1cc(Cl)cnc1C[C@H](C)S(=O)(=O)N(CC[Si](C)(C)C)c1nnc(-c2ccco2)n1-c1c(OC)cccc1OC. The Morgan fingerprint density at radius 1 is 1.06 bits per heavy atom. The first-order valence-corrected chi connectivity index (χ1v) is 21.0. The van der Waals surface area contributed by atoms with E-state index in [0.717, 1.165) is 0 Å². The van der Waals surface area contributed by atoms with Gasteiger partial charge < -0.3 is 18.8 Å². The topological polar surface area (TPSA) is 133 Å². The fourth-order valence-corrected chi connectivity index (χ4v) is 7.84. The lowest BCUT2D eigenvalue weighted by atomic mass is 10.1. The number of halogens is 1. The van der Waals surface area contributed by atoms with E-state index in [2.05, 4.69) is 34.8 Å². The summed E-state index contributed by atoms with van der Waals surface area (Å²) in [6, 6.07) is 10.9. The fourth-order valence-electron chi connectivity index (χ4n) is 5.13. The highest BCUT2D eigenvalue weighted by Crippen LogP contribution is 2.39. The van der Waals surface area contributed by atoms with E-state index in [9.17, 15) is 13.2 Å². The molecular formula is C32H43ClN6O6SSi. The number of aromatic nitrogens is 4. The Balaban J connectivity index is 1.90. The van der Waals surface area contributed by atoms with Crippen LogP contribution in [0.15, 0.2) is 53.3 Å². The Hall–Kier alpha value is -3.88. The van der Waals surface area contributed by atoms with Crippen LogP contribution in [-0.4, -0.2) is 86.2 Å². The van der Waals surface area contributed by atoms with E-state index in [-0.39, 0.29) is 36.2 Å². The number of anilines is 1. The molecule has 0 radical (unpaired) electrons. The predicted molar refractivity (Wildman–Crippen MR) is 186 cm³/mol. The van der Waals surface area contributed by atoms with Crippen LogP contribution >= 0.6 is 11.6 Å². The third-order valence-electron chi connectivity index (χ3n) is 7.82. The van der Waals surface area contributed by atoms with Gasteiger partial charge in [-0.15, -0.1) is 10.2 Å². The van der Waals surface area contributed by atoms with Gasteiger partial charge in [0.25, 0.3) is 5.91 Å². The normalized spacial score (nSPS) is 12.5. The zero-order valence-electron chi connectivity index (χ0n) is 28.2.